The van der Waals surface area contributed by atoms with Crippen LogP contribution in [-0.4, -0.2) is 40.0 Å². The Kier molecular flexibility index (Phi) is 5.03. The SMILES string of the molecule is CNCc1cc(S(=O)(=O)N2CCC=C(C)C2)ccc1OC. The lowest BCUT2D eigenvalue weighted by atomic mass is 10.2. The zero-order chi connectivity index (χ0) is 15.5. The molecule has 1 aliphatic heterocycles. The lowest BCUT2D eigenvalue weighted by Gasteiger charge is -2.25. The van der Waals surface area contributed by atoms with E-state index in [1.54, 1.807) is 25.3 Å². The third kappa shape index (κ3) is 3.45. The van der Waals surface area contributed by atoms with Crippen LogP contribution in [0.25, 0.3) is 0 Å². The van der Waals surface area contributed by atoms with Gasteiger partial charge in [-0.15, -0.1) is 0 Å². The highest BCUT2D eigenvalue weighted by Gasteiger charge is 2.26. The molecule has 21 heavy (non-hydrogen) atoms. The molecule has 0 fully saturated rings. The highest BCUT2D eigenvalue weighted by atomic mass is 32.2. The van der Waals surface area contributed by atoms with Gasteiger partial charge in [-0.05, 0) is 38.6 Å². The number of methoxy groups -OCH3 is 1. The summed E-state index contributed by atoms with van der Waals surface area (Å²) in [4.78, 5) is 0.322. The Morgan fingerprint density at radius 2 is 2.14 bits per heavy atom. The average molecular weight is 310 g/mol. The minimum Gasteiger partial charge on any atom is -0.496 e. The van der Waals surface area contributed by atoms with Crippen LogP contribution in [0, 0.1) is 0 Å². The Hall–Kier alpha value is -1.37. The van der Waals surface area contributed by atoms with Crippen molar-refractivity contribution in [1.29, 1.82) is 0 Å². The van der Waals surface area contributed by atoms with E-state index in [1.165, 1.54) is 4.31 Å². The van der Waals surface area contributed by atoms with Gasteiger partial charge in [0.25, 0.3) is 0 Å². The standard InChI is InChI=1S/C15H22N2O3S/c1-12-5-4-8-17(11-12)21(18,19)14-6-7-15(20-3)13(9-14)10-16-2/h5-7,9,16H,4,8,10-11H2,1-3H3. The van der Waals surface area contributed by atoms with Crippen molar-refractivity contribution in [3.63, 3.8) is 0 Å². The van der Waals surface area contributed by atoms with Gasteiger partial charge in [0.05, 0.1) is 12.0 Å². The van der Waals surface area contributed by atoms with E-state index in [-0.39, 0.29) is 0 Å². The van der Waals surface area contributed by atoms with Crippen LogP contribution in [0.15, 0.2) is 34.7 Å². The van der Waals surface area contributed by atoms with Crippen molar-refractivity contribution >= 4 is 10.0 Å². The second-order valence-electron chi connectivity index (χ2n) is 5.18. The first kappa shape index (κ1) is 16.0. The lowest BCUT2D eigenvalue weighted by molar-refractivity contribution is 0.407. The molecule has 0 aliphatic carbocycles. The third-order valence-electron chi connectivity index (χ3n) is 3.55. The normalized spacial score (nSPS) is 16.6. The molecule has 0 saturated heterocycles. The highest BCUT2D eigenvalue weighted by molar-refractivity contribution is 7.89. The molecule has 0 amide bonds. The van der Waals surface area contributed by atoms with Gasteiger partial charge >= 0.3 is 0 Å². The maximum Gasteiger partial charge on any atom is 0.243 e. The molecule has 0 spiro atoms. The van der Waals surface area contributed by atoms with Crippen LogP contribution in [0.1, 0.15) is 18.9 Å². The molecule has 0 bridgehead atoms. The molecule has 1 aromatic rings. The van der Waals surface area contributed by atoms with Gasteiger partial charge in [-0.1, -0.05) is 11.6 Å². The van der Waals surface area contributed by atoms with E-state index < -0.39 is 10.0 Å². The van der Waals surface area contributed by atoms with Gasteiger partial charge in [-0.25, -0.2) is 8.42 Å². The second-order valence-corrected chi connectivity index (χ2v) is 7.12. The Balaban J connectivity index is 2.36. The number of hydrogen-bond donors (Lipinski definition) is 1. The fourth-order valence-electron chi connectivity index (χ4n) is 2.47. The topological polar surface area (TPSA) is 58.6 Å². The van der Waals surface area contributed by atoms with E-state index in [1.807, 2.05) is 14.0 Å². The molecule has 6 heteroatoms. The van der Waals surface area contributed by atoms with Crippen LogP contribution in [-0.2, 0) is 16.6 Å². The molecule has 116 valence electrons. The Morgan fingerprint density at radius 1 is 1.38 bits per heavy atom. The molecule has 1 aromatic carbocycles. The highest BCUT2D eigenvalue weighted by Crippen LogP contribution is 2.26. The molecule has 0 radical (unpaired) electrons. The fourth-order valence-corrected chi connectivity index (χ4v) is 4.02. The van der Waals surface area contributed by atoms with Crippen molar-refractivity contribution in [1.82, 2.24) is 9.62 Å². The molecule has 0 aromatic heterocycles. The summed E-state index contributed by atoms with van der Waals surface area (Å²) >= 11 is 0. The van der Waals surface area contributed by atoms with Gasteiger partial charge in [0, 0.05) is 25.2 Å². The predicted molar refractivity (Wildman–Crippen MR) is 82.9 cm³/mol. The first-order valence-electron chi connectivity index (χ1n) is 6.96. The van der Waals surface area contributed by atoms with E-state index in [0.717, 1.165) is 17.6 Å². The molecule has 5 nitrogen and oxygen atoms in total. The summed E-state index contributed by atoms with van der Waals surface area (Å²) in [5.41, 5.74) is 1.93. The second kappa shape index (κ2) is 6.60. The molecule has 0 saturated carbocycles. The number of ether oxygens (including phenoxy) is 1. The van der Waals surface area contributed by atoms with Gasteiger partial charge in [0.2, 0.25) is 10.0 Å². The van der Waals surface area contributed by atoms with E-state index >= 15 is 0 Å². The molecular formula is C15H22N2O3S. The molecule has 2 rings (SSSR count). The molecular weight excluding hydrogens is 288 g/mol. The lowest BCUT2D eigenvalue weighted by Crippen LogP contribution is -2.35. The monoisotopic (exact) mass is 310 g/mol. The van der Waals surface area contributed by atoms with Crippen molar-refractivity contribution in [2.75, 3.05) is 27.2 Å². The van der Waals surface area contributed by atoms with Crippen LogP contribution >= 0.6 is 0 Å². The molecule has 1 N–H and O–H groups in total. The van der Waals surface area contributed by atoms with Crippen LogP contribution in [0.2, 0.25) is 0 Å². The predicted octanol–water partition coefficient (Wildman–Crippen LogP) is 1.76. The smallest absolute Gasteiger partial charge is 0.243 e. The summed E-state index contributed by atoms with van der Waals surface area (Å²) in [5.74, 6) is 0.693. The fraction of sp³-hybridized carbons (Fsp3) is 0.467. The van der Waals surface area contributed by atoms with Crippen molar-refractivity contribution in [2.24, 2.45) is 0 Å². The summed E-state index contributed by atoms with van der Waals surface area (Å²) in [6, 6.07) is 5.02. The molecule has 0 unspecified atom stereocenters. The number of nitrogens with zero attached hydrogens (tertiary/aromatic N) is 1. The minimum atomic E-state index is -3.45. The number of sulfonamides is 1. The first-order valence-corrected chi connectivity index (χ1v) is 8.40. The number of hydrogen-bond acceptors (Lipinski definition) is 4. The molecule has 1 aliphatic rings. The van der Waals surface area contributed by atoms with Gasteiger partial charge in [0.1, 0.15) is 5.75 Å². The third-order valence-corrected chi connectivity index (χ3v) is 5.40. The molecule has 0 atom stereocenters. The Labute approximate surface area is 126 Å². The molecule has 1 heterocycles. The summed E-state index contributed by atoms with van der Waals surface area (Å²) in [7, 11) is -0.0479. The largest absolute Gasteiger partial charge is 0.496 e. The van der Waals surface area contributed by atoms with Gasteiger partial charge < -0.3 is 10.1 Å². The summed E-state index contributed by atoms with van der Waals surface area (Å²) in [6.45, 7) is 3.52. The van der Waals surface area contributed by atoms with Crippen molar-refractivity contribution < 1.29 is 13.2 Å². The van der Waals surface area contributed by atoms with Gasteiger partial charge in [-0.3, -0.25) is 0 Å². The van der Waals surface area contributed by atoms with E-state index in [0.29, 0.717) is 30.3 Å². The minimum absolute atomic E-state index is 0.322. The Bertz CT molecular complexity index is 638. The van der Waals surface area contributed by atoms with E-state index in [2.05, 4.69) is 11.4 Å². The van der Waals surface area contributed by atoms with E-state index in [4.69, 9.17) is 4.74 Å². The van der Waals surface area contributed by atoms with Crippen LogP contribution in [0.4, 0.5) is 0 Å². The number of benzene rings is 1. The maximum absolute atomic E-state index is 12.7. The summed E-state index contributed by atoms with van der Waals surface area (Å²) < 4.78 is 32.3. The van der Waals surface area contributed by atoms with Crippen molar-refractivity contribution in [3.05, 3.63) is 35.4 Å². The number of rotatable bonds is 5. The maximum atomic E-state index is 12.7. The van der Waals surface area contributed by atoms with Crippen molar-refractivity contribution in [3.8, 4) is 5.75 Å². The first-order chi connectivity index (χ1) is 9.98. The average Bonchev–Trinajstić information content (AvgIpc) is 2.47. The van der Waals surface area contributed by atoms with E-state index in [9.17, 15) is 8.42 Å². The zero-order valence-corrected chi connectivity index (χ0v) is 13.5. The summed E-state index contributed by atoms with van der Waals surface area (Å²) in [6.07, 6.45) is 2.86. The Morgan fingerprint density at radius 3 is 2.76 bits per heavy atom. The number of nitrogens with one attached hydrogen (secondary N) is 1. The van der Waals surface area contributed by atoms with Crippen LogP contribution < -0.4 is 10.1 Å². The van der Waals surface area contributed by atoms with Crippen LogP contribution in [0.3, 0.4) is 0 Å². The van der Waals surface area contributed by atoms with Crippen LogP contribution in [0.5, 0.6) is 5.75 Å². The summed E-state index contributed by atoms with van der Waals surface area (Å²) in [5, 5.41) is 3.03. The van der Waals surface area contributed by atoms with Crippen molar-refractivity contribution in [2.45, 2.75) is 24.8 Å². The van der Waals surface area contributed by atoms with Gasteiger partial charge in [0.15, 0.2) is 0 Å². The van der Waals surface area contributed by atoms with Gasteiger partial charge in [-0.2, -0.15) is 4.31 Å². The zero-order valence-electron chi connectivity index (χ0n) is 12.7. The quantitative estimate of drug-likeness (QED) is 0.842.